The Balaban J connectivity index is 2.10. The smallest absolute Gasteiger partial charge is 0.309 e. The number of likely N-dealkylation sites (N-methyl/N-ethyl adjacent to an activating group) is 1. The first-order chi connectivity index (χ1) is 8.92. The Labute approximate surface area is 120 Å². The van der Waals surface area contributed by atoms with E-state index in [-0.39, 0.29) is 0 Å². The summed E-state index contributed by atoms with van der Waals surface area (Å²) >= 11 is 1.81. The fourth-order valence-electron chi connectivity index (χ4n) is 1.92. The van der Waals surface area contributed by atoms with Gasteiger partial charge in [-0.1, -0.05) is 12.5 Å². The van der Waals surface area contributed by atoms with Crippen molar-refractivity contribution in [3.63, 3.8) is 0 Å². The van der Waals surface area contributed by atoms with Crippen LogP contribution in [-0.4, -0.2) is 36.1 Å². The zero-order valence-corrected chi connectivity index (χ0v) is 13.0. The fraction of sp³-hybridized carbons (Fsp3) is 0.667. The Hall–Kier alpha value is -0.870. The van der Waals surface area contributed by atoms with E-state index in [0.29, 0.717) is 0 Å². The van der Waals surface area contributed by atoms with E-state index in [0.717, 1.165) is 38.8 Å². The van der Waals surface area contributed by atoms with Crippen molar-refractivity contribution in [2.75, 3.05) is 20.1 Å². The van der Waals surface area contributed by atoms with Gasteiger partial charge in [-0.25, -0.2) is 0 Å². The number of aliphatic carboxylic acids is 1. The summed E-state index contributed by atoms with van der Waals surface area (Å²) in [5.74, 6) is -0.696. The van der Waals surface area contributed by atoms with Crippen LogP contribution < -0.4 is 0 Å². The van der Waals surface area contributed by atoms with Gasteiger partial charge in [0.05, 0.1) is 5.41 Å². The first kappa shape index (κ1) is 16.2. The molecule has 1 heterocycles. The maximum absolute atomic E-state index is 11.0. The molecule has 0 aliphatic rings. The standard InChI is InChI=1S/C15H25NO2S/c1-15(2,14(17)18)9-4-5-10-16(3)11-8-13-7-6-12-19-13/h6-7,12H,4-5,8-11H2,1-3H3,(H,17,18). The molecule has 0 spiro atoms. The third-order valence-electron chi connectivity index (χ3n) is 3.49. The molecule has 0 saturated heterocycles. The van der Waals surface area contributed by atoms with Gasteiger partial charge >= 0.3 is 5.97 Å². The van der Waals surface area contributed by atoms with Crippen LogP contribution in [0, 0.1) is 5.41 Å². The summed E-state index contributed by atoms with van der Waals surface area (Å²) in [6, 6.07) is 4.27. The number of hydrogen-bond donors (Lipinski definition) is 1. The summed E-state index contributed by atoms with van der Waals surface area (Å²) < 4.78 is 0. The molecule has 1 aromatic heterocycles. The van der Waals surface area contributed by atoms with Gasteiger partial charge in [-0.15, -0.1) is 11.3 Å². The van der Waals surface area contributed by atoms with Crippen LogP contribution in [0.1, 0.15) is 38.0 Å². The Morgan fingerprint density at radius 1 is 1.37 bits per heavy atom. The second kappa shape index (κ2) is 7.65. The second-order valence-electron chi connectivity index (χ2n) is 5.78. The van der Waals surface area contributed by atoms with Crippen LogP contribution in [0.4, 0.5) is 0 Å². The molecule has 1 N–H and O–H groups in total. The van der Waals surface area contributed by atoms with Gasteiger partial charge in [0.2, 0.25) is 0 Å². The lowest BCUT2D eigenvalue weighted by Gasteiger charge is -2.20. The van der Waals surface area contributed by atoms with Gasteiger partial charge in [-0.05, 0) is 58.1 Å². The monoisotopic (exact) mass is 283 g/mol. The van der Waals surface area contributed by atoms with E-state index < -0.39 is 11.4 Å². The minimum Gasteiger partial charge on any atom is -0.481 e. The Morgan fingerprint density at radius 3 is 2.68 bits per heavy atom. The maximum Gasteiger partial charge on any atom is 0.309 e. The zero-order chi connectivity index (χ0) is 14.3. The van der Waals surface area contributed by atoms with Crippen LogP contribution >= 0.6 is 11.3 Å². The predicted molar refractivity (Wildman–Crippen MR) is 80.8 cm³/mol. The van der Waals surface area contributed by atoms with Crippen molar-refractivity contribution in [3.05, 3.63) is 22.4 Å². The van der Waals surface area contributed by atoms with Gasteiger partial charge in [0.15, 0.2) is 0 Å². The highest BCUT2D eigenvalue weighted by Gasteiger charge is 2.25. The molecular weight excluding hydrogens is 258 g/mol. The molecule has 0 aliphatic carbocycles. The number of carboxylic acid groups (broad SMARTS) is 1. The van der Waals surface area contributed by atoms with Crippen molar-refractivity contribution in [2.24, 2.45) is 5.41 Å². The van der Waals surface area contributed by atoms with Crippen LogP contribution in [0.3, 0.4) is 0 Å². The van der Waals surface area contributed by atoms with Gasteiger partial charge in [0, 0.05) is 11.4 Å². The van der Waals surface area contributed by atoms with E-state index in [1.165, 1.54) is 4.88 Å². The third kappa shape index (κ3) is 6.21. The van der Waals surface area contributed by atoms with Crippen molar-refractivity contribution >= 4 is 17.3 Å². The van der Waals surface area contributed by atoms with Crippen LogP contribution in [0.25, 0.3) is 0 Å². The van der Waals surface area contributed by atoms with E-state index >= 15 is 0 Å². The minimum absolute atomic E-state index is 0.588. The lowest BCUT2D eigenvalue weighted by molar-refractivity contribution is -0.147. The molecule has 19 heavy (non-hydrogen) atoms. The topological polar surface area (TPSA) is 40.5 Å². The molecule has 3 nitrogen and oxygen atoms in total. The predicted octanol–water partition coefficient (Wildman–Crippen LogP) is 3.50. The lowest BCUT2D eigenvalue weighted by atomic mass is 9.87. The first-order valence-corrected chi connectivity index (χ1v) is 7.74. The molecule has 1 aromatic rings. The van der Waals surface area contributed by atoms with E-state index in [9.17, 15) is 4.79 Å². The van der Waals surface area contributed by atoms with Gasteiger partial charge in [-0.3, -0.25) is 4.79 Å². The average molecular weight is 283 g/mol. The molecule has 0 aromatic carbocycles. The fourth-order valence-corrected chi connectivity index (χ4v) is 2.62. The highest BCUT2D eigenvalue weighted by atomic mass is 32.1. The van der Waals surface area contributed by atoms with Gasteiger partial charge < -0.3 is 10.0 Å². The van der Waals surface area contributed by atoms with E-state index in [1.807, 2.05) is 11.3 Å². The van der Waals surface area contributed by atoms with Crippen LogP contribution in [-0.2, 0) is 11.2 Å². The average Bonchev–Trinajstić information content (AvgIpc) is 2.85. The Bertz CT molecular complexity index is 374. The Morgan fingerprint density at radius 2 is 2.11 bits per heavy atom. The summed E-state index contributed by atoms with van der Waals surface area (Å²) in [6.45, 7) is 5.72. The quantitative estimate of drug-likeness (QED) is 0.705. The van der Waals surface area contributed by atoms with Crippen LogP contribution in [0.2, 0.25) is 0 Å². The number of nitrogens with zero attached hydrogens (tertiary/aromatic N) is 1. The van der Waals surface area contributed by atoms with Crippen molar-refractivity contribution in [2.45, 2.75) is 39.5 Å². The molecule has 0 atom stereocenters. The first-order valence-electron chi connectivity index (χ1n) is 6.86. The molecular formula is C15H25NO2S. The van der Waals surface area contributed by atoms with Gasteiger partial charge in [-0.2, -0.15) is 0 Å². The van der Waals surface area contributed by atoms with Crippen molar-refractivity contribution in [1.29, 1.82) is 0 Å². The van der Waals surface area contributed by atoms with Crippen molar-refractivity contribution < 1.29 is 9.90 Å². The van der Waals surface area contributed by atoms with Crippen molar-refractivity contribution in [3.8, 4) is 0 Å². The zero-order valence-electron chi connectivity index (χ0n) is 12.2. The van der Waals surface area contributed by atoms with Crippen LogP contribution in [0.15, 0.2) is 17.5 Å². The van der Waals surface area contributed by atoms with E-state index in [2.05, 4.69) is 29.5 Å². The number of carbonyl (C=O) groups is 1. The second-order valence-corrected chi connectivity index (χ2v) is 6.81. The number of carboxylic acids is 1. The summed E-state index contributed by atoms with van der Waals surface area (Å²) in [4.78, 5) is 14.7. The lowest BCUT2D eigenvalue weighted by Crippen LogP contribution is -2.25. The SMILES string of the molecule is CN(CCCCC(C)(C)C(=O)O)CCc1cccs1. The molecule has 4 heteroatoms. The molecule has 0 amide bonds. The van der Waals surface area contributed by atoms with E-state index in [4.69, 9.17) is 5.11 Å². The van der Waals surface area contributed by atoms with Crippen LogP contribution in [0.5, 0.6) is 0 Å². The minimum atomic E-state index is -0.696. The highest BCUT2D eigenvalue weighted by Crippen LogP contribution is 2.23. The number of hydrogen-bond acceptors (Lipinski definition) is 3. The van der Waals surface area contributed by atoms with Gasteiger partial charge in [0.1, 0.15) is 0 Å². The maximum atomic E-state index is 11.0. The summed E-state index contributed by atoms with van der Waals surface area (Å²) in [6.07, 6.45) is 3.90. The molecule has 108 valence electrons. The molecule has 0 saturated carbocycles. The summed E-state index contributed by atoms with van der Waals surface area (Å²) in [5.41, 5.74) is -0.588. The molecule has 0 bridgehead atoms. The summed E-state index contributed by atoms with van der Waals surface area (Å²) in [7, 11) is 2.13. The number of rotatable bonds is 9. The molecule has 0 fully saturated rings. The molecule has 0 radical (unpaired) electrons. The van der Waals surface area contributed by atoms with Crippen molar-refractivity contribution in [1.82, 2.24) is 4.90 Å². The molecule has 1 rings (SSSR count). The third-order valence-corrected chi connectivity index (χ3v) is 4.43. The normalized spacial score (nSPS) is 12.0. The molecule has 0 aliphatic heterocycles. The Kier molecular flexibility index (Phi) is 6.52. The van der Waals surface area contributed by atoms with E-state index in [1.54, 1.807) is 13.8 Å². The largest absolute Gasteiger partial charge is 0.481 e. The highest BCUT2D eigenvalue weighted by molar-refractivity contribution is 7.09. The summed E-state index contributed by atoms with van der Waals surface area (Å²) in [5, 5.41) is 11.1. The molecule has 0 unspecified atom stereocenters. The number of unbranched alkanes of at least 4 members (excludes halogenated alkanes) is 1. The number of thiophene rings is 1. The van der Waals surface area contributed by atoms with Gasteiger partial charge in [0.25, 0.3) is 0 Å².